The molecule has 7 heteroatoms. The van der Waals surface area contributed by atoms with Gasteiger partial charge in [-0.2, -0.15) is 0 Å². The van der Waals surface area contributed by atoms with Crippen molar-refractivity contribution in [3.63, 3.8) is 0 Å². The average molecular weight is 352 g/mol. The zero-order chi connectivity index (χ0) is 15.5. The molecule has 0 aliphatic heterocycles. The number of aromatic amines is 1. The number of nitrogens with zero attached hydrogens (tertiary/aromatic N) is 1. The number of anilines is 1. The maximum atomic E-state index is 12.0. The first-order valence-corrected chi connectivity index (χ1v) is 8.02. The van der Waals surface area contributed by atoms with E-state index in [1.165, 1.54) is 11.3 Å². The highest BCUT2D eigenvalue weighted by Gasteiger charge is 2.11. The largest absolute Gasteiger partial charge is 0.356 e. The minimum absolute atomic E-state index is 0.268. The summed E-state index contributed by atoms with van der Waals surface area (Å²) >= 11 is 13.2. The Labute approximate surface area is 141 Å². The summed E-state index contributed by atoms with van der Waals surface area (Å²) in [7, 11) is 0. The number of amides is 1. The van der Waals surface area contributed by atoms with Crippen molar-refractivity contribution < 1.29 is 4.79 Å². The van der Waals surface area contributed by atoms with Crippen LogP contribution in [0.1, 0.15) is 20.9 Å². The third kappa shape index (κ3) is 3.68. The Kier molecular flexibility index (Phi) is 4.47. The summed E-state index contributed by atoms with van der Waals surface area (Å²) < 4.78 is 0. The molecular formula is C15H11Cl2N3OS. The molecule has 0 aliphatic carbocycles. The SMILES string of the molecule is O=C(Nc1ncc(Cc2cccc(Cl)c2)s1)c1cc(Cl)c[nH]1. The highest BCUT2D eigenvalue weighted by Crippen LogP contribution is 2.23. The number of carbonyl (C=O) groups is 1. The molecule has 0 saturated carbocycles. The molecule has 2 heterocycles. The van der Waals surface area contributed by atoms with E-state index >= 15 is 0 Å². The Morgan fingerprint density at radius 2 is 2.14 bits per heavy atom. The Bertz CT molecular complexity index is 812. The van der Waals surface area contributed by atoms with Crippen LogP contribution in [0.25, 0.3) is 0 Å². The van der Waals surface area contributed by atoms with E-state index in [9.17, 15) is 4.79 Å². The fourth-order valence-electron chi connectivity index (χ4n) is 1.96. The van der Waals surface area contributed by atoms with Crippen LogP contribution in [0.2, 0.25) is 10.0 Å². The molecule has 0 spiro atoms. The van der Waals surface area contributed by atoms with Crippen molar-refractivity contribution in [1.82, 2.24) is 9.97 Å². The molecule has 0 radical (unpaired) electrons. The zero-order valence-corrected chi connectivity index (χ0v) is 13.6. The van der Waals surface area contributed by atoms with Crippen molar-refractivity contribution in [2.75, 3.05) is 5.32 Å². The molecule has 0 bridgehead atoms. The number of halogens is 2. The number of hydrogen-bond acceptors (Lipinski definition) is 3. The Morgan fingerprint density at radius 1 is 1.27 bits per heavy atom. The fraction of sp³-hybridized carbons (Fsp3) is 0.0667. The van der Waals surface area contributed by atoms with Gasteiger partial charge in [-0.05, 0) is 23.8 Å². The number of aromatic nitrogens is 2. The molecule has 0 atom stereocenters. The summed E-state index contributed by atoms with van der Waals surface area (Å²) in [5, 5.41) is 4.49. The lowest BCUT2D eigenvalue weighted by Gasteiger charge is -1.99. The van der Waals surface area contributed by atoms with Crippen LogP contribution in [-0.2, 0) is 6.42 Å². The first-order valence-electron chi connectivity index (χ1n) is 6.44. The lowest BCUT2D eigenvalue weighted by atomic mass is 10.1. The van der Waals surface area contributed by atoms with Gasteiger partial charge in [0.25, 0.3) is 5.91 Å². The van der Waals surface area contributed by atoms with E-state index < -0.39 is 0 Å². The lowest BCUT2D eigenvalue weighted by molar-refractivity contribution is 0.102. The standard InChI is InChI=1S/C15H11Cl2N3OS/c16-10-3-1-2-9(4-10)5-12-8-19-15(22-12)20-14(21)13-6-11(17)7-18-13/h1-4,6-8,18H,5H2,(H,19,20,21). The maximum absolute atomic E-state index is 12.0. The molecule has 0 unspecified atom stereocenters. The quantitative estimate of drug-likeness (QED) is 0.720. The van der Waals surface area contributed by atoms with Crippen LogP contribution < -0.4 is 5.32 Å². The summed E-state index contributed by atoms with van der Waals surface area (Å²) in [6, 6.07) is 9.24. The molecule has 0 saturated heterocycles. The molecule has 1 amide bonds. The van der Waals surface area contributed by atoms with E-state index in [-0.39, 0.29) is 5.91 Å². The number of nitrogens with one attached hydrogen (secondary N) is 2. The normalized spacial score (nSPS) is 10.6. The van der Waals surface area contributed by atoms with Crippen LogP contribution in [0.3, 0.4) is 0 Å². The molecule has 1 aromatic carbocycles. The van der Waals surface area contributed by atoms with Gasteiger partial charge in [0.05, 0.1) is 5.02 Å². The summed E-state index contributed by atoms with van der Waals surface area (Å²) in [6.45, 7) is 0. The van der Waals surface area contributed by atoms with Crippen molar-refractivity contribution >= 4 is 45.6 Å². The molecule has 3 rings (SSSR count). The fourth-order valence-corrected chi connectivity index (χ4v) is 3.18. The minimum Gasteiger partial charge on any atom is -0.356 e. The highest BCUT2D eigenvalue weighted by atomic mass is 35.5. The van der Waals surface area contributed by atoms with Gasteiger partial charge in [0, 0.05) is 28.7 Å². The second-order valence-corrected chi connectivity index (χ2v) is 6.61. The maximum Gasteiger partial charge on any atom is 0.273 e. The van der Waals surface area contributed by atoms with Crippen LogP contribution >= 0.6 is 34.5 Å². The van der Waals surface area contributed by atoms with Gasteiger partial charge < -0.3 is 4.98 Å². The van der Waals surface area contributed by atoms with Crippen LogP contribution in [0.15, 0.2) is 42.7 Å². The molecule has 4 nitrogen and oxygen atoms in total. The first kappa shape index (κ1) is 15.1. The van der Waals surface area contributed by atoms with Crippen molar-refractivity contribution in [2.24, 2.45) is 0 Å². The van der Waals surface area contributed by atoms with Crippen molar-refractivity contribution in [3.05, 3.63) is 68.9 Å². The predicted octanol–water partition coefficient (Wildman–Crippen LogP) is 4.62. The molecular weight excluding hydrogens is 341 g/mol. The summed E-state index contributed by atoms with van der Waals surface area (Å²) in [4.78, 5) is 20.0. The van der Waals surface area contributed by atoms with Crippen molar-refractivity contribution in [2.45, 2.75) is 6.42 Å². The Hall–Kier alpha value is -1.82. The molecule has 112 valence electrons. The van der Waals surface area contributed by atoms with Gasteiger partial charge >= 0.3 is 0 Å². The average Bonchev–Trinajstić information content (AvgIpc) is 3.08. The van der Waals surface area contributed by atoms with E-state index in [1.807, 2.05) is 24.3 Å². The van der Waals surface area contributed by atoms with Crippen molar-refractivity contribution in [1.29, 1.82) is 0 Å². The van der Waals surface area contributed by atoms with E-state index in [4.69, 9.17) is 23.2 Å². The zero-order valence-electron chi connectivity index (χ0n) is 11.3. The second kappa shape index (κ2) is 6.52. The van der Waals surface area contributed by atoms with Gasteiger partial charge in [-0.3, -0.25) is 10.1 Å². The minimum atomic E-state index is -0.268. The third-order valence-electron chi connectivity index (χ3n) is 2.93. The summed E-state index contributed by atoms with van der Waals surface area (Å²) in [5.74, 6) is -0.268. The smallest absolute Gasteiger partial charge is 0.273 e. The molecule has 2 N–H and O–H groups in total. The van der Waals surface area contributed by atoms with Crippen LogP contribution in [0, 0.1) is 0 Å². The van der Waals surface area contributed by atoms with Gasteiger partial charge in [-0.25, -0.2) is 4.98 Å². The van der Waals surface area contributed by atoms with Crippen LogP contribution in [-0.4, -0.2) is 15.9 Å². The third-order valence-corrected chi connectivity index (χ3v) is 4.30. The van der Waals surface area contributed by atoms with E-state index in [0.29, 0.717) is 20.9 Å². The predicted molar refractivity (Wildman–Crippen MR) is 90.1 cm³/mol. The van der Waals surface area contributed by atoms with Gasteiger partial charge in [0.15, 0.2) is 5.13 Å². The highest BCUT2D eigenvalue weighted by molar-refractivity contribution is 7.15. The second-order valence-electron chi connectivity index (χ2n) is 4.62. The molecule has 22 heavy (non-hydrogen) atoms. The molecule has 2 aromatic heterocycles. The van der Waals surface area contributed by atoms with E-state index in [2.05, 4.69) is 15.3 Å². The Balaban J connectivity index is 1.67. The monoisotopic (exact) mass is 351 g/mol. The first-order chi connectivity index (χ1) is 10.6. The summed E-state index contributed by atoms with van der Waals surface area (Å²) in [5.41, 5.74) is 1.50. The van der Waals surface area contributed by atoms with Gasteiger partial charge in [-0.1, -0.05) is 35.3 Å². The Morgan fingerprint density at radius 3 is 2.86 bits per heavy atom. The topological polar surface area (TPSA) is 57.8 Å². The van der Waals surface area contributed by atoms with Gasteiger partial charge in [0.2, 0.25) is 0 Å². The van der Waals surface area contributed by atoms with Crippen molar-refractivity contribution in [3.8, 4) is 0 Å². The number of thiazole rings is 1. The van der Waals surface area contributed by atoms with E-state index in [1.54, 1.807) is 18.5 Å². The lowest BCUT2D eigenvalue weighted by Crippen LogP contribution is -2.11. The number of H-pyrrole nitrogens is 1. The number of hydrogen-bond donors (Lipinski definition) is 2. The van der Waals surface area contributed by atoms with E-state index in [0.717, 1.165) is 16.9 Å². The van der Waals surface area contributed by atoms with Crippen LogP contribution in [0.5, 0.6) is 0 Å². The van der Waals surface area contributed by atoms with Gasteiger partial charge in [-0.15, -0.1) is 11.3 Å². The van der Waals surface area contributed by atoms with Gasteiger partial charge in [0.1, 0.15) is 5.69 Å². The van der Waals surface area contributed by atoms with Crippen LogP contribution in [0.4, 0.5) is 5.13 Å². The molecule has 0 aliphatic rings. The summed E-state index contributed by atoms with van der Waals surface area (Å²) in [6.07, 6.45) is 4.04. The molecule has 3 aromatic rings. The number of carbonyl (C=O) groups excluding carboxylic acids is 1. The number of benzene rings is 1. The molecule has 0 fully saturated rings. The number of rotatable bonds is 4.